The molecule has 0 spiro atoms. The van der Waals surface area contributed by atoms with Gasteiger partial charge >= 0.3 is 0 Å². The number of nitrogens with zero attached hydrogens (tertiary/aromatic N) is 2. The molecule has 0 aliphatic rings. The first kappa shape index (κ1) is 16.8. The molecular formula is C14H15BrCl2N2O2. The predicted octanol–water partition coefficient (Wildman–Crippen LogP) is 3.87. The molecule has 0 bridgehead atoms. The van der Waals surface area contributed by atoms with Crippen LogP contribution in [-0.4, -0.2) is 28.6 Å². The van der Waals surface area contributed by atoms with E-state index in [9.17, 15) is 5.11 Å². The topological polar surface area (TPSA) is 47.3 Å². The van der Waals surface area contributed by atoms with E-state index >= 15 is 0 Å². The van der Waals surface area contributed by atoms with Crippen molar-refractivity contribution >= 4 is 39.1 Å². The fourth-order valence-corrected chi connectivity index (χ4v) is 3.10. The van der Waals surface area contributed by atoms with Crippen molar-refractivity contribution in [2.75, 3.05) is 13.7 Å². The fraction of sp³-hybridized carbons (Fsp3) is 0.357. The monoisotopic (exact) mass is 392 g/mol. The maximum atomic E-state index is 10.5. The Kier molecular flexibility index (Phi) is 6.08. The first-order chi connectivity index (χ1) is 10.0. The number of halogens is 3. The molecule has 21 heavy (non-hydrogen) atoms. The Hall–Kier alpha value is -0.590. The first-order valence-corrected chi connectivity index (χ1v) is 7.90. The number of ether oxygens (including phenoxy) is 1. The molecule has 1 N–H and O–H groups in total. The Bertz CT molecular complexity index is 619. The summed E-state index contributed by atoms with van der Waals surface area (Å²) in [6.07, 6.45) is 1.32. The smallest absolute Gasteiger partial charge is 0.101 e. The lowest BCUT2D eigenvalue weighted by Gasteiger charge is -2.15. The van der Waals surface area contributed by atoms with Crippen LogP contribution in [-0.2, 0) is 17.7 Å². The van der Waals surface area contributed by atoms with Gasteiger partial charge < -0.3 is 9.84 Å². The summed E-state index contributed by atoms with van der Waals surface area (Å²) in [6.45, 7) is 1.10. The van der Waals surface area contributed by atoms with Gasteiger partial charge in [-0.05, 0) is 33.6 Å². The molecule has 4 nitrogen and oxygen atoms in total. The van der Waals surface area contributed by atoms with Gasteiger partial charge in [-0.3, -0.25) is 4.68 Å². The van der Waals surface area contributed by atoms with Crippen molar-refractivity contribution in [1.82, 2.24) is 9.78 Å². The van der Waals surface area contributed by atoms with E-state index < -0.39 is 6.10 Å². The molecule has 0 amide bonds. The minimum Gasteiger partial charge on any atom is -0.386 e. The highest BCUT2D eigenvalue weighted by atomic mass is 79.9. The third-order valence-corrected chi connectivity index (χ3v) is 4.28. The van der Waals surface area contributed by atoms with Gasteiger partial charge in [0.15, 0.2) is 0 Å². The number of hydrogen-bond donors (Lipinski definition) is 1. The number of aromatic nitrogens is 2. The lowest BCUT2D eigenvalue weighted by molar-refractivity contribution is 0.152. The fourth-order valence-electron chi connectivity index (χ4n) is 2.05. The van der Waals surface area contributed by atoms with E-state index in [-0.39, 0.29) is 0 Å². The lowest BCUT2D eigenvalue weighted by atomic mass is 10.1. The van der Waals surface area contributed by atoms with Crippen LogP contribution >= 0.6 is 39.1 Å². The zero-order valence-electron chi connectivity index (χ0n) is 11.4. The second-order valence-electron chi connectivity index (χ2n) is 4.55. The van der Waals surface area contributed by atoms with Crippen LogP contribution in [0.5, 0.6) is 0 Å². The Labute approximate surface area is 141 Å². The molecule has 0 saturated carbocycles. The molecule has 1 atom stereocenters. The number of aliphatic hydroxyl groups is 1. The van der Waals surface area contributed by atoms with Crippen LogP contribution in [0.4, 0.5) is 0 Å². The highest BCUT2D eigenvalue weighted by molar-refractivity contribution is 9.10. The highest BCUT2D eigenvalue weighted by Crippen LogP contribution is 2.29. The summed E-state index contributed by atoms with van der Waals surface area (Å²) < 4.78 is 7.53. The van der Waals surface area contributed by atoms with Crippen molar-refractivity contribution in [3.63, 3.8) is 0 Å². The molecule has 1 aromatic heterocycles. The minimum absolute atomic E-state index is 0.382. The molecule has 0 aliphatic heterocycles. The van der Waals surface area contributed by atoms with Crippen LogP contribution in [0, 0.1) is 0 Å². The van der Waals surface area contributed by atoms with Crippen molar-refractivity contribution in [3.05, 3.63) is 50.2 Å². The maximum absolute atomic E-state index is 10.5. The summed E-state index contributed by atoms with van der Waals surface area (Å²) in [6, 6.07) is 5.24. The van der Waals surface area contributed by atoms with Crippen molar-refractivity contribution in [1.29, 1.82) is 0 Å². The third-order valence-electron chi connectivity index (χ3n) is 3.08. The van der Waals surface area contributed by atoms with Gasteiger partial charge in [0.25, 0.3) is 0 Å². The lowest BCUT2D eigenvalue weighted by Crippen LogP contribution is -2.14. The maximum Gasteiger partial charge on any atom is 0.101 e. The summed E-state index contributed by atoms with van der Waals surface area (Å²) in [5.41, 5.74) is 1.54. The van der Waals surface area contributed by atoms with E-state index in [1.54, 1.807) is 30.1 Å². The molecular weight excluding hydrogens is 379 g/mol. The SMILES string of the molecule is COCCn1ncc(Br)c1C(O)Cc1ccc(Cl)cc1Cl. The molecule has 7 heteroatoms. The summed E-state index contributed by atoms with van der Waals surface area (Å²) in [4.78, 5) is 0. The first-order valence-electron chi connectivity index (χ1n) is 6.35. The Balaban J connectivity index is 2.19. The average Bonchev–Trinajstić information content (AvgIpc) is 2.80. The number of hydrogen-bond acceptors (Lipinski definition) is 3. The van der Waals surface area contributed by atoms with Crippen molar-refractivity contribution in [3.8, 4) is 0 Å². The summed E-state index contributed by atoms with van der Waals surface area (Å²) in [5.74, 6) is 0. The van der Waals surface area contributed by atoms with Gasteiger partial charge in [-0.25, -0.2) is 0 Å². The largest absolute Gasteiger partial charge is 0.386 e. The van der Waals surface area contributed by atoms with Crippen LogP contribution in [0.2, 0.25) is 10.0 Å². The van der Waals surface area contributed by atoms with Crippen molar-refractivity contribution < 1.29 is 9.84 Å². The molecule has 114 valence electrons. The van der Waals surface area contributed by atoms with Crippen molar-refractivity contribution in [2.24, 2.45) is 0 Å². The van der Waals surface area contributed by atoms with Crippen LogP contribution in [0.25, 0.3) is 0 Å². The van der Waals surface area contributed by atoms with Crippen molar-refractivity contribution in [2.45, 2.75) is 19.1 Å². The van der Waals surface area contributed by atoms with Crippen LogP contribution in [0.15, 0.2) is 28.9 Å². The molecule has 1 heterocycles. The van der Waals surface area contributed by atoms with Crippen LogP contribution in [0.1, 0.15) is 17.4 Å². The molecule has 2 aromatic rings. The molecule has 2 rings (SSSR count). The average molecular weight is 394 g/mol. The molecule has 0 radical (unpaired) electrons. The Morgan fingerprint density at radius 1 is 1.43 bits per heavy atom. The molecule has 0 fully saturated rings. The van der Waals surface area contributed by atoms with Gasteiger partial charge in [0.2, 0.25) is 0 Å². The predicted molar refractivity (Wildman–Crippen MR) is 86.9 cm³/mol. The van der Waals surface area contributed by atoms with E-state index in [0.29, 0.717) is 35.3 Å². The second kappa shape index (κ2) is 7.61. The van der Waals surface area contributed by atoms with Gasteiger partial charge in [0.05, 0.1) is 29.5 Å². The van der Waals surface area contributed by atoms with Crippen LogP contribution in [0.3, 0.4) is 0 Å². The van der Waals surface area contributed by atoms with Gasteiger partial charge in [0.1, 0.15) is 6.10 Å². The van der Waals surface area contributed by atoms with E-state index in [0.717, 1.165) is 10.0 Å². The third kappa shape index (κ3) is 4.20. The number of rotatable bonds is 6. The standard InChI is InChI=1S/C14H15BrCl2N2O2/c1-21-5-4-19-14(11(15)8-18-19)13(20)6-9-2-3-10(16)7-12(9)17/h2-3,7-8,13,20H,4-6H2,1H3. The van der Waals surface area contributed by atoms with E-state index in [2.05, 4.69) is 21.0 Å². The zero-order chi connectivity index (χ0) is 15.4. The van der Waals surface area contributed by atoms with Gasteiger partial charge in [-0.15, -0.1) is 0 Å². The second-order valence-corrected chi connectivity index (χ2v) is 6.25. The van der Waals surface area contributed by atoms with E-state index in [4.69, 9.17) is 27.9 Å². The summed E-state index contributed by atoms with van der Waals surface area (Å²) in [5, 5.41) is 15.8. The van der Waals surface area contributed by atoms with Gasteiger partial charge in [0, 0.05) is 23.6 Å². The number of methoxy groups -OCH3 is 1. The summed E-state index contributed by atoms with van der Waals surface area (Å²) >= 11 is 15.4. The number of benzene rings is 1. The highest BCUT2D eigenvalue weighted by Gasteiger charge is 2.19. The van der Waals surface area contributed by atoms with Crippen LogP contribution < -0.4 is 0 Å². The van der Waals surface area contributed by atoms with Gasteiger partial charge in [-0.2, -0.15) is 5.10 Å². The normalized spacial score (nSPS) is 12.6. The summed E-state index contributed by atoms with van der Waals surface area (Å²) in [7, 11) is 1.63. The zero-order valence-corrected chi connectivity index (χ0v) is 14.5. The molecule has 1 aromatic carbocycles. The molecule has 0 aliphatic carbocycles. The minimum atomic E-state index is -0.725. The van der Waals surface area contributed by atoms with E-state index in [1.807, 2.05) is 6.07 Å². The quantitative estimate of drug-likeness (QED) is 0.810. The Morgan fingerprint density at radius 2 is 2.19 bits per heavy atom. The Morgan fingerprint density at radius 3 is 2.86 bits per heavy atom. The number of aliphatic hydroxyl groups excluding tert-OH is 1. The van der Waals surface area contributed by atoms with Gasteiger partial charge in [-0.1, -0.05) is 29.3 Å². The van der Waals surface area contributed by atoms with E-state index in [1.165, 1.54) is 0 Å². The molecule has 0 saturated heterocycles. The molecule has 1 unspecified atom stereocenters.